The number of ketones is 1. The lowest BCUT2D eigenvalue weighted by molar-refractivity contribution is 0.0959. The van der Waals surface area contributed by atoms with Crippen LogP contribution in [0.5, 0.6) is 0 Å². The lowest BCUT2D eigenvalue weighted by Crippen LogP contribution is -2.25. The van der Waals surface area contributed by atoms with Crippen molar-refractivity contribution >= 4 is 45.8 Å². The van der Waals surface area contributed by atoms with Crippen molar-refractivity contribution in [3.05, 3.63) is 58.0 Å². The minimum absolute atomic E-state index is 0.0367. The Morgan fingerprint density at radius 1 is 1.12 bits per heavy atom. The Hall–Kier alpha value is -2.25. The van der Waals surface area contributed by atoms with Gasteiger partial charge in [-0.25, -0.2) is 9.97 Å². The fourth-order valence-corrected chi connectivity index (χ4v) is 3.67. The van der Waals surface area contributed by atoms with Crippen LogP contribution in [0, 0.1) is 6.92 Å². The molecule has 0 bridgehead atoms. The van der Waals surface area contributed by atoms with Gasteiger partial charge in [0.25, 0.3) is 5.91 Å². The summed E-state index contributed by atoms with van der Waals surface area (Å²) in [5.74, 6) is 0.884. The summed E-state index contributed by atoms with van der Waals surface area (Å²) in [6, 6.07) is 11.2. The third kappa shape index (κ3) is 4.43. The molecule has 3 aromatic rings. The molecule has 0 saturated heterocycles. The van der Waals surface area contributed by atoms with E-state index >= 15 is 0 Å². The number of hydrogen-bond acceptors (Lipinski definition) is 6. The van der Waals surface area contributed by atoms with Gasteiger partial charge in [0.05, 0.1) is 27.4 Å². The molecule has 2 aromatic heterocycles. The molecular weight excluding hydrogens is 354 g/mol. The van der Waals surface area contributed by atoms with Crippen molar-refractivity contribution < 1.29 is 9.59 Å². The summed E-state index contributed by atoms with van der Waals surface area (Å²) < 4.78 is 0. The molecule has 0 saturated carbocycles. The maximum Gasteiger partial charge on any atom is 0.261 e. The molecule has 0 atom stereocenters. The quantitative estimate of drug-likeness (QED) is 0.509. The van der Waals surface area contributed by atoms with Crippen molar-refractivity contribution in [3.63, 3.8) is 0 Å². The van der Waals surface area contributed by atoms with E-state index in [1.807, 2.05) is 35.7 Å². The molecule has 0 aliphatic carbocycles. The average Bonchev–Trinajstić information content (AvgIpc) is 3.15. The number of nitrogens with one attached hydrogen (secondary N) is 1. The van der Waals surface area contributed by atoms with Gasteiger partial charge in [0.2, 0.25) is 0 Å². The predicted molar refractivity (Wildman–Crippen MR) is 103 cm³/mol. The number of carbonyl (C=O) groups excluding carboxylic acids is 2. The van der Waals surface area contributed by atoms with Crippen molar-refractivity contribution in [2.75, 3.05) is 18.1 Å². The maximum atomic E-state index is 12.4. The second kappa shape index (κ2) is 8.22. The second-order valence-electron chi connectivity index (χ2n) is 5.36. The zero-order valence-corrected chi connectivity index (χ0v) is 15.3. The van der Waals surface area contributed by atoms with Gasteiger partial charge in [0.1, 0.15) is 5.69 Å². The summed E-state index contributed by atoms with van der Waals surface area (Å²) in [7, 11) is 0. The van der Waals surface area contributed by atoms with Gasteiger partial charge in [-0.3, -0.25) is 9.59 Å². The molecule has 2 heterocycles. The first-order valence-corrected chi connectivity index (χ1v) is 9.84. The third-order valence-corrected chi connectivity index (χ3v) is 5.35. The fourth-order valence-electron chi connectivity index (χ4n) is 2.32. The van der Waals surface area contributed by atoms with Crippen LogP contribution in [-0.2, 0) is 0 Å². The first-order chi connectivity index (χ1) is 12.1. The standard InChI is InChI=1S/C18H17N3O2S2/c1-12-17(21-14-6-3-2-5-13(14)20-12)15(22)11-24-10-8-19-18(23)16-7-4-9-25-16/h2-7,9H,8,10-11H2,1H3,(H,19,23). The van der Waals surface area contributed by atoms with Gasteiger partial charge in [0.15, 0.2) is 5.78 Å². The van der Waals surface area contributed by atoms with E-state index in [1.54, 1.807) is 13.0 Å². The Bertz CT molecular complexity index is 894. The van der Waals surface area contributed by atoms with Crippen molar-refractivity contribution in [2.24, 2.45) is 0 Å². The van der Waals surface area contributed by atoms with Gasteiger partial charge in [-0.05, 0) is 30.5 Å². The van der Waals surface area contributed by atoms with Gasteiger partial charge >= 0.3 is 0 Å². The van der Waals surface area contributed by atoms with Crippen molar-refractivity contribution in [3.8, 4) is 0 Å². The number of benzene rings is 1. The lowest BCUT2D eigenvalue weighted by atomic mass is 10.2. The average molecular weight is 371 g/mol. The molecule has 128 valence electrons. The minimum atomic E-state index is -0.0711. The zero-order valence-electron chi connectivity index (χ0n) is 13.7. The van der Waals surface area contributed by atoms with E-state index in [9.17, 15) is 9.59 Å². The maximum absolute atomic E-state index is 12.4. The molecule has 0 fully saturated rings. The first kappa shape index (κ1) is 17.6. The SMILES string of the molecule is Cc1nc2ccccc2nc1C(=O)CSCCNC(=O)c1cccs1. The molecule has 0 spiro atoms. The van der Waals surface area contributed by atoms with E-state index in [2.05, 4.69) is 15.3 Å². The molecule has 0 unspecified atom stereocenters. The normalized spacial score (nSPS) is 10.8. The number of para-hydroxylation sites is 2. The monoisotopic (exact) mass is 371 g/mol. The summed E-state index contributed by atoms with van der Waals surface area (Å²) in [6.07, 6.45) is 0. The number of aromatic nitrogens is 2. The molecule has 0 aliphatic heterocycles. The molecule has 5 nitrogen and oxygen atoms in total. The third-order valence-electron chi connectivity index (χ3n) is 3.52. The summed E-state index contributed by atoms with van der Waals surface area (Å²) in [5.41, 5.74) is 2.59. The van der Waals surface area contributed by atoms with E-state index in [-0.39, 0.29) is 11.7 Å². The molecular formula is C18H17N3O2S2. The largest absolute Gasteiger partial charge is 0.351 e. The Morgan fingerprint density at radius 2 is 1.88 bits per heavy atom. The van der Waals surface area contributed by atoms with Crippen LogP contribution >= 0.6 is 23.1 Å². The summed E-state index contributed by atoms with van der Waals surface area (Å²) in [5, 5.41) is 4.72. The predicted octanol–water partition coefficient (Wildman–Crippen LogP) is 3.35. The number of Topliss-reactive ketones (excluding diaryl/α,β-unsaturated/α-hetero) is 1. The Labute approximate surface area is 153 Å². The molecule has 0 radical (unpaired) electrons. The minimum Gasteiger partial charge on any atom is -0.351 e. The lowest BCUT2D eigenvalue weighted by Gasteiger charge is -2.06. The Kier molecular flexibility index (Phi) is 5.78. The van der Waals surface area contributed by atoms with Crippen molar-refractivity contribution in [2.45, 2.75) is 6.92 Å². The van der Waals surface area contributed by atoms with E-state index in [4.69, 9.17) is 0 Å². The highest BCUT2D eigenvalue weighted by molar-refractivity contribution is 8.00. The molecule has 25 heavy (non-hydrogen) atoms. The topological polar surface area (TPSA) is 72.0 Å². The summed E-state index contributed by atoms with van der Waals surface area (Å²) in [6.45, 7) is 2.33. The van der Waals surface area contributed by atoms with Crippen LogP contribution in [0.3, 0.4) is 0 Å². The van der Waals surface area contributed by atoms with E-state index in [0.717, 1.165) is 11.0 Å². The van der Waals surface area contributed by atoms with Gasteiger partial charge in [-0.15, -0.1) is 11.3 Å². The second-order valence-corrected chi connectivity index (χ2v) is 7.41. The number of nitrogens with zero attached hydrogens (tertiary/aromatic N) is 2. The summed E-state index contributed by atoms with van der Waals surface area (Å²) in [4.78, 5) is 33.8. The first-order valence-electron chi connectivity index (χ1n) is 7.81. The molecule has 3 rings (SSSR count). The number of fused-ring (bicyclic) bond motifs is 1. The number of rotatable bonds is 7. The van der Waals surface area contributed by atoms with E-state index < -0.39 is 0 Å². The molecule has 0 aliphatic rings. The number of thiophene rings is 1. The van der Waals surface area contributed by atoms with Crippen LogP contribution in [0.1, 0.15) is 25.9 Å². The zero-order chi connectivity index (χ0) is 17.6. The highest BCUT2D eigenvalue weighted by Gasteiger charge is 2.13. The number of hydrogen-bond donors (Lipinski definition) is 1. The highest BCUT2D eigenvalue weighted by atomic mass is 32.2. The van der Waals surface area contributed by atoms with Gasteiger partial charge in [-0.2, -0.15) is 11.8 Å². The molecule has 1 amide bonds. The number of aryl methyl sites for hydroxylation is 1. The molecule has 1 N–H and O–H groups in total. The van der Waals surface area contributed by atoms with Crippen LogP contribution in [0.4, 0.5) is 0 Å². The Balaban J connectivity index is 1.49. The van der Waals surface area contributed by atoms with Gasteiger partial charge in [0, 0.05) is 12.3 Å². The fraction of sp³-hybridized carbons (Fsp3) is 0.222. The van der Waals surface area contributed by atoms with Crippen LogP contribution in [0.2, 0.25) is 0 Å². The smallest absolute Gasteiger partial charge is 0.261 e. The number of amides is 1. The van der Waals surface area contributed by atoms with Crippen LogP contribution in [-0.4, -0.2) is 39.7 Å². The van der Waals surface area contributed by atoms with Crippen LogP contribution < -0.4 is 5.32 Å². The van der Waals surface area contributed by atoms with Crippen LogP contribution in [0.15, 0.2) is 41.8 Å². The number of carbonyl (C=O) groups is 2. The molecule has 1 aromatic carbocycles. The highest BCUT2D eigenvalue weighted by Crippen LogP contribution is 2.14. The number of thioether (sulfide) groups is 1. The van der Waals surface area contributed by atoms with Crippen molar-refractivity contribution in [1.29, 1.82) is 0 Å². The van der Waals surface area contributed by atoms with Crippen LogP contribution in [0.25, 0.3) is 11.0 Å². The molecule has 7 heteroatoms. The summed E-state index contributed by atoms with van der Waals surface area (Å²) >= 11 is 2.89. The van der Waals surface area contributed by atoms with Crippen molar-refractivity contribution in [1.82, 2.24) is 15.3 Å². The van der Waals surface area contributed by atoms with Gasteiger partial charge in [-0.1, -0.05) is 18.2 Å². The van der Waals surface area contributed by atoms with Gasteiger partial charge < -0.3 is 5.32 Å². The van der Waals surface area contributed by atoms with E-state index in [1.165, 1.54) is 23.1 Å². The Morgan fingerprint density at radius 3 is 2.60 bits per heavy atom. The van der Waals surface area contributed by atoms with E-state index in [0.29, 0.717) is 34.3 Å².